The molecular formula is C30H48O6. The number of fused-ring (bicyclic) bond motifs is 2. The highest BCUT2D eigenvalue weighted by Gasteiger charge is 2.85. The zero-order valence-electron chi connectivity index (χ0n) is 22.9. The Morgan fingerprint density at radius 3 is 2.28 bits per heavy atom. The number of aliphatic hydroxyl groups is 2. The van der Waals surface area contributed by atoms with Crippen LogP contribution in [0.3, 0.4) is 0 Å². The summed E-state index contributed by atoms with van der Waals surface area (Å²) in [5.41, 5.74) is -0.316. The van der Waals surface area contributed by atoms with Gasteiger partial charge >= 0.3 is 5.97 Å². The Morgan fingerprint density at radius 1 is 1.00 bits per heavy atom. The van der Waals surface area contributed by atoms with Gasteiger partial charge in [0.2, 0.25) is 0 Å². The smallest absolute Gasteiger partial charge is 0.312 e. The maximum atomic E-state index is 12.5. The standard InChI is InChI=1S/C30H48O6/c1-17(2)20(36-35)8-7-18(3)19-11-12-27(5)21-9-10-22-28(6,25(33)34)23(31)15-24(32)30(22)16-29(21,30)14-13-26(19,27)4/h18-24,31-32,35H,1,7-16H2,2-6H3,(H,33,34)/t18-,19-,20-,21+,22+,23+,24+,26-,27+,28+,29+,30-/m1/s1. The third kappa shape index (κ3) is 3.02. The van der Waals surface area contributed by atoms with Crippen molar-refractivity contribution in [2.45, 2.75) is 117 Å². The van der Waals surface area contributed by atoms with Crippen LogP contribution < -0.4 is 0 Å². The van der Waals surface area contributed by atoms with Gasteiger partial charge in [0, 0.05) is 11.8 Å². The predicted molar refractivity (Wildman–Crippen MR) is 137 cm³/mol. The monoisotopic (exact) mass is 504 g/mol. The van der Waals surface area contributed by atoms with E-state index in [9.17, 15) is 25.4 Å². The van der Waals surface area contributed by atoms with E-state index in [4.69, 9.17) is 0 Å². The average molecular weight is 505 g/mol. The molecule has 0 radical (unpaired) electrons. The summed E-state index contributed by atoms with van der Waals surface area (Å²) in [4.78, 5) is 17.2. The fourth-order valence-corrected chi connectivity index (χ4v) is 11.3. The van der Waals surface area contributed by atoms with E-state index in [1.807, 2.05) is 6.92 Å². The SMILES string of the molecule is C=C(C)[C@@H](CC[C@@H](C)[C@H]1CC[C@@]2(C)[C@@H]3CC[C@H]4[C@](C)(C(=O)O)[C@@H](O)C[C@H](O)[C@@]45C[C@@]35CC[C@]12C)OO. The predicted octanol–water partition coefficient (Wildman–Crippen LogP) is 5.67. The van der Waals surface area contributed by atoms with Crippen molar-refractivity contribution in [2.75, 3.05) is 0 Å². The summed E-state index contributed by atoms with van der Waals surface area (Å²) in [5.74, 6) is 0.522. The Labute approximate surface area is 216 Å². The quantitative estimate of drug-likeness (QED) is 0.202. The van der Waals surface area contributed by atoms with Crippen molar-refractivity contribution >= 4 is 5.97 Å². The molecule has 204 valence electrons. The second kappa shape index (κ2) is 8.27. The van der Waals surface area contributed by atoms with Crippen LogP contribution in [-0.4, -0.2) is 44.9 Å². The van der Waals surface area contributed by atoms with Crippen LogP contribution in [0.1, 0.15) is 98.8 Å². The van der Waals surface area contributed by atoms with E-state index in [-0.39, 0.29) is 40.1 Å². The zero-order valence-corrected chi connectivity index (χ0v) is 22.9. The highest BCUT2D eigenvalue weighted by molar-refractivity contribution is 5.76. The lowest BCUT2D eigenvalue weighted by molar-refractivity contribution is -0.270. The lowest BCUT2D eigenvalue weighted by Gasteiger charge is -2.63. The summed E-state index contributed by atoms with van der Waals surface area (Å²) in [7, 11) is 0. The molecule has 5 saturated carbocycles. The molecule has 5 fully saturated rings. The summed E-state index contributed by atoms with van der Waals surface area (Å²) in [6, 6.07) is 0. The highest BCUT2D eigenvalue weighted by Crippen LogP contribution is 2.89. The van der Waals surface area contributed by atoms with Crippen molar-refractivity contribution in [3.05, 3.63) is 12.2 Å². The number of carbonyl (C=O) groups is 1. The molecule has 0 heterocycles. The fraction of sp³-hybridized carbons (Fsp3) is 0.900. The molecule has 0 amide bonds. The molecule has 4 N–H and O–H groups in total. The van der Waals surface area contributed by atoms with Gasteiger partial charge in [0.05, 0.1) is 17.6 Å². The van der Waals surface area contributed by atoms with E-state index in [0.717, 1.165) is 50.5 Å². The molecule has 2 spiro atoms. The fourth-order valence-electron chi connectivity index (χ4n) is 11.3. The summed E-state index contributed by atoms with van der Waals surface area (Å²) >= 11 is 0. The molecule has 0 unspecified atom stereocenters. The molecular weight excluding hydrogens is 456 g/mol. The van der Waals surface area contributed by atoms with E-state index in [2.05, 4.69) is 32.2 Å². The van der Waals surface area contributed by atoms with Crippen molar-refractivity contribution in [1.82, 2.24) is 0 Å². The van der Waals surface area contributed by atoms with Gasteiger partial charge in [-0.1, -0.05) is 27.4 Å². The minimum absolute atomic E-state index is 0.00828. The second-order valence-corrected chi connectivity index (χ2v) is 14.4. The molecule has 0 aromatic carbocycles. The first-order chi connectivity index (χ1) is 16.8. The largest absolute Gasteiger partial charge is 0.481 e. The third-order valence-corrected chi connectivity index (χ3v) is 13.6. The van der Waals surface area contributed by atoms with E-state index >= 15 is 0 Å². The van der Waals surface area contributed by atoms with Gasteiger partial charge in [0.1, 0.15) is 6.10 Å². The number of rotatable bonds is 7. The molecule has 5 aliphatic carbocycles. The minimum Gasteiger partial charge on any atom is -0.481 e. The number of carboxylic acid groups (broad SMARTS) is 1. The molecule has 6 heteroatoms. The van der Waals surface area contributed by atoms with Crippen LogP contribution in [0.5, 0.6) is 0 Å². The minimum atomic E-state index is -1.18. The van der Waals surface area contributed by atoms with Gasteiger partial charge in [0.15, 0.2) is 0 Å². The molecule has 5 aliphatic rings. The molecule has 12 atom stereocenters. The first-order valence-electron chi connectivity index (χ1n) is 14.3. The van der Waals surface area contributed by atoms with Crippen LogP contribution in [0.4, 0.5) is 0 Å². The third-order valence-electron chi connectivity index (χ3n) is 13.6. The number of hydrogen-bond donors (Lipinski definition) is 4. The van der Waals surface area contributed by atoms with Gasteiger partial charge in [-0.25, -0.2) is 4.89 Å². The van der Waals surface area contributed by atoms with Crippen LogP contribution in [0, 0.1) is 50.7 Å². The van der Waals surface area contributed by atoms with Crippen LogP contribution in [0.15, 0.2) is 12.2 Å². The Morgan fingerprint density at radius 2 is 1.67 bits per heavy atom. The van der Waals surface area contributed by atoms with Crippen molar-refractivity contribution in [3.8, 4) is 0 Å². The lowest BCUT2D eigenvalue weighted by atomic mass is 9.41. The van der Waals surface area contributed by atoms with Crippen LogP contribution in [-0.2, 0) is 9.68 Å². The molecule has 0 saturated heterocycles. The van der Waals surface area contributed by atoms with Crippen molar-refractivity contribution < 1.29 is 30.3 Å². The molecule has 5 rings (SSSR count). The second-order valence-electron chi connectivity index (χ2n) is 14.4. The first-order valence-corrected chi connectivity index (χ1v) is 14.3. The zero-order chi connectivity index (χ0) is 26.5. The summed E-state index contributed by atoms with van der Waals surface area (Å²) < 4.78 is 0. The first kappa shape index (κ1) is 26.6. The van der Waals surface area contributed by atoms with E-state index in [1.54, 1.807) is 6.92 Å². The average Bonchev–Trinajstić information content (AvgIpc) is 3.42. The van der Waals surface area contributed by atoms with Gasteiger partial charge in [0.25, 0.3) is 0 Å². The summed E-state index contributed by atoms with van der Waals surface area (Å²) in [6.07, 6.45) is 7.27. The Balaban J connectivity index is 1.42. The maximum Gasteiger partial charge on any atom is 0.312 e. The van der Waals surface area contributed by atoms with Crippen molar-refractivity contribution in [1.29, 1.82) is 0 Å². The summed E-state index contributed by atoms with van der Waals surface area (Å²) in [5, 5.41) is 41.8. The molecule has 0 bridgehead atoms. The Kier molecular flexibility index (Phi) is 6.12. The highest BCUT2D eigenvalue weighted by atomic mass is 17.1. The number of aliphatic hydroxyl groups excluding tert-OH is 2. The van der Waals surface area contributed by atoms with Gasteiger partial charge in [-0.2, -0.15) is 0 Å². The molecule has 0 aromatic heterocycles. The van der Waals surface area contributed by atoms with Crippen LogP contribution >= 0.6 is 0 Å². The van der Waals surface area contributed by atoms with E-state index in [0.29, 0.717) is 17.8 Å². The maximum absolute atomic E-state index is 12.5. The summed E-state index contributed by atoms with van der Waals surface area (Å²) in [6.45, 7) is 15.0. The normalized spacial score (nSPS) is 52.8. The van der Waals surface area contributed by atoms with Crippen LogP contribution in [0.25, 0.3) is 0 Å². The van der Waals surface area contributed by atoms with E-state index < -0.39 is 23.6 Å². The number of carboxylic acids is 1. The topological polar surface area (TPSA) is 107 Å². The lowest BCUT2D eigenvalue weighted by Crippen LogP contribution is -2.63. The Bertz CT molecular complexity index is 934. The van der Waals surface area contributed by atoms with Gasteiger partial charge < -0.3 is 15.3 Å². The van der Waals surface area contributed by atoms with Crippen LogP contribution in [0.2, 0.25) is 0 Å². The molecule has 36 heavy (non-hydrogen) atoms. The molecule has 0 aliphatic heterocycles. The van der Waals surface area contributed by atoms with Crippen molar-refractivity contribution in [3.63, 3.8) is 0 Å². The van der Waals surface area contributed by atoms with Crippen molar-refractivity contribution in [2.24, 2.45) is 50.7 Å². The number of aliphatic carboxylic acids is 1. The van der Waals surface area contributed by atoms with Gasteiger partial charge in [-0.3, -0.25) is 10.1 Å². The molecule has 6 nitrogen and oxygen atoms in total. The van der Waals surface area contributed by atoms with E-state index in [1.165, 1.54) is 12.8 Å². The number of hydrogen-bond acceptors (Lipinski definition) is 5. The van der Waals surface area contributed by atoms with Gasteiger partial charge in [-0.05, 0) is 117 Å². The molecule has 0 aromatic rings. The van der Waals surface area contributed by atoms with Gasteiger partial charge in [-0.15, -0.1) is 0 Å². The Hall–Kier alpha value is -0.950.